The van der Waals surface area contributed by atoms with Crippen molar-refractivity contribution in [2.24, 2.45) is 5.92 Å². The van der Waals surface area contributed by atoms with E-state index in [0.29, 0.717) is 18.0 Å². The van der Waals surface area contributed by atoms with Crippen LogP contribution in [-0.4, -0.2) is 36.9 Å². The van der Waals surface area contributed by atoms with Gasteiger partial charge < -0.3 is 15.2 Å². The largest absolute Gasteiger partial charge is 0.391 e. The first-order valence-electron chi connectivity index (χ1n) is 8.36. The lowest BCUT2D eigenvalue weighted by atomic mass is 9.96. The monoisotopic (exact) mass is 303 g/mol. The molecule has 1 aliphatic carbocycles. The van der Waals surface area contributed by atoms with Crippen LogP contribution >= 0.6 is 0 Å². The van der Waals surface area contributed by atoms with E-state index in [1.54, 1.807) is 0 Å². The van der Waals surface area contributed by atoms with Gasteiger partial charge in [0.2, 0.25) is 0 Å². The first-order valence-corrected chi connectivity index (χ1v) is 8.36. The van der Waals surface area contributed by atoms with E-state index in [4.69, 9.17) is 4.74 Å². The fourth-order valence-electron chi connectivity index (χ4n) is 2.98. The van der Waals surface area contributed by atoms with Gasteiger partial charge >= 0.3 is 0 Å². The summed E-state index contributed by atoms with van der Waals surface area (Å²) in [6.45, 7) is 1.88. The third-order valence-corrected chi connectivity index (χ3v) is 4.65. The van der Waals surface area contributed by atoms with Crippen LogP contribution in [0.3, 0.4) is 0 Å². The summed E-state index contributed by atoms with van der Waals surface area (Å²) < 4.78 is 5.41. The maximum absolute atomic E-state index is 12.2. The minimum Gasteiger partial charge on any atom is -0.391 e. The molecule has 1 aliphatic heterocycles. The lowest BCUT2D eigenvalue weighted by Crippen LogP contribution is -2.32. The predicted molar refractivity (Wildman–Crippen MR) is 84.9 cm³/mol. The van der Waals surface area contributed by atoms with Gasteiger partial charge in [0.25, 0.3) is 5.91 Å². The molecule has 120 valence electrons. The number of rotatable bonds is 7. The summed E-state index contributed by atoms with van der Waals surface area (Å²) in [6.07, 6.45) is 5.05. The van der Waals surface area contributed by atoms with Gasteiger partial charge in [-0.25, -0.2) is 0 Å². The second-order valence-electron chi connectivity index (χ2n) is 6.57. The standard InChI is InChI=1S/C18H25NO3/c20-17(7-6-13-4-5-13)11-19-18(21)15-3-1-2-14(10-15)16-8-9-22-12-16/h1-3,10,13,16-17,20H,4-9,11-12H2,(H,19,21). The molecule has 1 aromatic carbocycles. The Labute approximate surface area is 131 Å². The Bertz CT molecular complexity index is 507. The van der Waals surface area contributed by atoms with Crippen LogP contribution in [0.5, 0.6) is 0 Å². The van der Waals surface area contributed by atoms with Crippen molar-refractivity contribution in [3.8, 4) is 0 Å². The molecule has 2 atom stereocenters. The quantitative estimate of drug-likeness (QED) is 0.813. The molecule has 2 fully saturated rings. The van der Waals surface area contributed by atoms with E-state index in [0.717, 1.165) is 38.4 Å². The molecule has 2 unspecified atom stereocenters. The number of carbonyl (C=O) groups is 1. The molecule has 1 saturated carbocycles. The van der Waals surface area contributed by atoms with Crippen LogP contribution in [0, 0.1) is 5.92 Å². The molecule has 22 heavy (non-hydrogen) atoms. The summed E-state index contributed by atoms with van der Waals surface area (Å²) in [6, 6.07) is 7.75. The fraction of sp³-hybridized carbons (Fsp3) is 0.611. The van der Waals surface area contributed by atoms with Crippen LogP contribution < -0.4 is 5.32 Å². The minimum atomic E-state index is -0.434. The Morgan fingerprint density at radius 3 is 2.95 bits per heavy atom. The van der Waals surface area contributed by atoms with Gasteiger partial charge in [-0.05, 0) is 42.9 Å². The highest BCUT2D eigenvalue weighted by atomic mass is 16.5. The molecule has 0 radical (unpaired) electrons. The number of nitrogens with one attached hydrogen (secondary N) is 1. The zero-order valence-corrected chi connectivity index (χ0v) is 13.0. The van der Waals surface area contributed by atoms with Gasteiger partial charge in [0.1, 0.15) is 0 Å². The highest BCUT2D eigenvalue weighted by Crippen LogP contribution is 2.33. The van der Waals surface area contributed by atoms with Crippen molar-refractivity contribution in [1.29, 1.82) is 0 Å². The number of benzene rings is 1. The normalized spacial score (nSPS) is 22.5. The molecule has 4 heteroatoms. The average Bonchev–Trinajstić information content (AvgIpc) is 3.22. The molecule has 1 saturated heterocycles. The molecule has 1 heterocycles. The first-order chi connectivity index (χ1) is 10.7. The van der Waals surface area contributed by atoms with Gasteiger partial charge in [-0.1, -0.05) is 25.0 Å². The first kappa shape index (κ1) is 15.5. The van der Waals surface area contributed by atoms with Gasteiger partial charge in [0.15, 0.2) is 0 Å². The van der Waals surface area contributed by atoms with E-state index in [-0.39, 0.29) is 5.91 Å². The summed E-state index contributed by atoms with van der Waals surface area (Å²) >= 11 is 0. The van der Waals surface area contributed by atoms with Gasteiger partial charge in [-0.2, -0.15) is 0 Å². The highest BCUT2D eigenvalue weighted by molar-refractivity contribution is 5.94. The number of aliphatic hydroxyl groups is 1. The van der Waals surface area contributed by atoms with Crippen molar-refractivity contribution in [3.63, 3.8) is 0 Å². The fourth-order valence-corrected chi connectivity index (χ4v) is 2.98. The van der Waals surface area contributed by atoms with Gasteiger partial charge in [-0.15, -0.1) is 0 Å². The van der Waals surface area contributed by atoms with Crippen LogP contribution in [0.4, 0.5) is 0 Å². The number of hydrogen-bond donors (Lipinski definition) is 2. The number of aliphatic hydroxyl groups excluding tert-OH is 1. The molecule has 3 rings (SSSR count). The molecule has 1 amide bonds. The van der Waals surface area contributed by atoms with Crippen LogP contribution in [-0.2, 0) is 4.74 Å². The smallest absolute Gasteiger partial charge is 0.251 e. The van der Waals surface area contributed by atoms with E-state index >= 15 is 0 Å². The summed E-state index contributed by atoms with van der Waals surface area (Å²) in [4.78, 5) is 12.2. The second-order valence-corrected chi connectivity index (χ2v) is 6.57. The summed E-state index contributed by atoms with van der Waals surface area (Å²) in [5, 5.41) is 12.8. The lowest BCUT2D eigenvalue weighted by molar-refractivity contribution is 0.0908. The van der Waals surface area contributed by atoms with Crippen molar-refractivity contribution in [2.75, 3.05) is 19.8 Å². The van der Waals surface area contributed by atoms with Crippen LogP contribution in [0.2, 0.25) is 0 Å². The molecule has 0 bridgehead atoms. The zero-order valence-electron chi connectivity index (χ0n) is 13.0. The van der Waals surface area contributed by atoms with Crippen LogP contribution in [0.25, 0.3) is 0 Å². The zero-order chi connectivity index (χ0) is 15.4. The highest BCUT2D eigenvalue weighted by Gasteiger charge is 2.22. The van der Waals surface area contributed by atoms with E-state index in [1.807, 2.05) is 18.2 Å². The number of hydrogen-bond acceptors (Lipinski definition) is 3. The van der Waals surface area contributed by atoms with Crippen molar-refractivity contribution < 1.29 is 14.6 Å². The molecule has 0 aromatic heterocycles. The van der Waals surface area contributed by atoms with Gasteiger partial charge in [0, 0.05) is 24.6 Å². The molecular formula is C18H25NO3. The maximum atomic E-state index is 12.2. The third-order valence-electron chi connectivity index (χ3n) is 4.65. The van der Waals surface area contributed by atoms with E-state index in [9.17, 15) is 9.90 Å². The van der Waals surface area contributed by atoms with Gasteiger partial charge in [-0.3, -0.25) is 4.79 Å². The number of amides is 1. The van der Waals surface area contributed by atoms with E-state index in [1.165, 1.54) is 18.4 Å². The SMILES string of the molecule is O=C(NCC(O)CCC1CC1)c1cccc(C2CCOC2)c1. The lowest BCUT2D eigenvalue weighted by Gasteiger charge is -2.13. The number of ether oxygens (including phenoxy) is 1. The predicted octanol–water partition coefficient (Wildman–Crippen LogP) is 2.47. The molecule has 2 N–H and O–H groups in total. The second kappa shape index (κ2) is 7.25. The van der Waals surface area contributed by atoms with E-state index in [2.05, 4.69) is 11.4 Å². The van der Waals surface area contributed by atoms with Crippen molar-refractivity contribution in [2.45, 2.75) is 44.1 Å². The Morgan fingerprint density at radius 2 is 2.23 bits per heavy atom. The Kier molecular flexibility index (Phi) is 5.11. The maximum Gasteiger partial charge on any atom is 0.251 e. The van der Waals surface area contributed by atoms with Crippen molar-refractivity contribution in [3.05, 3.63) is 35.4 Å². The van der Waals surface area contributed by atoms with E-state index < -0.39 is 6.10 Å². The Balaban J connectivity index is 1.49. The van der Waals surface area contributed by atoms with Crippen molar-refractivity contribution in [1.82, 2.24) is 5.32 Å². The van der Waals surface area contributed by atoms with Crippen LogP contribution in [0.1, 0.15) is 53.9 Å². The molecule has 1 aromatic rings. The average molecular weight is 303 g/mol. The Morgan fingerprint density at radius 1 is 1.36 bits per heavy atom. The number of carbonyl (C=O) groups excluding carboxylic acids is 1. The van der Waals surface area contributed by atoms with Crippen molar-refractivity contribution >= 4 is 5.91 Å². The molecular weight excluding hydrogens is 278 g/mol. The topological polar surface area (TPSA) is 58.6 Å². The summed E-state index contributed by atoms with van der Waals surface area (Å²) in [7, 11) is 0. The third kappa shape index (κ3) is 4.31. The molecule has 2 aliphatic rings. The summed E-state index contributed by atoms with van der Waals surface area (Å²) in [5.41, 5.74) is 1.83. The summed E-state index contributed by atoms with van der Waals surface area (Å²) in [5.74, 6) is 1.11. The van der Waals surface area contributed by atoms with Crippen LogP contribution in [0.15, 0.2) is 24.3 Å². The Hall–Kier alpha value is -1.39. The minimum absolute atomic E-state index is 0.105. The van der Waals surface area contributed by atoms with Gasteiger partial charge in [0.05, 0.1) is 12.7 Å². The molecule has 4 nitrogen and oxygen atoms in total. The molecule has 0 spiro atoms.